The Bertz CT molecular complexity index is 444. The zero-order chi connectivity index (χ0) is 13.5. The maximum Gasteiger partial charge on any atom is 0.314 e. The highest BCUT2D eigenvalue weighted by Crippen LogP contribution is 2.30. The Kier molecular flexibility index (Phi) is 5.10. The molecule has 6 nitrogen and oxygen atoms in total. The molecule has 6 heteroatoms. The molecule has 0 saturated carbocycles. The smallest absolute Gasteiger partial charge is 0.314 e. The quantitative estimate of drug-likeness (QED) is 0.550. The van der Waals surface area contributed by atoms with Gasteiger partial charge in [0.05, 0.1) is 18.1 Å². The van der Waals surface area contributed by atoms with Crippen LogP contribution < -0.4 is 9.47 Å². The van der Waals surface area contributed by atoms with Crippen molar-refractivity contribution in [1.82, 2.24) is 0 Å². The van der Waals surface area contributed by atoms with Crippen molar-refractivity contribution < 1.29 is 19.2 Å². The minimum atomic E-state index is -0.567. The Hall–Kier alpha value is -2.11. The van der Waals surface area contributed by atoms with Crippen LogP contribution in [-0.4, -0.2) is 24.4 Å². The summed E-state index contributed by atoms with van der Waals surface area (Å²) in [5, 5.41) is 10.8. The molecule has 0 aliphatic rings. The van der Waals surface area contributed by atoms with Crippen LogP contribution in [0.3, 0.4) is 0 Å². The highest BCUT2D eigenvalue weighted by Gasteiger charge is 2.17. The van der Waals surface area contributed by atoms with E-state index in [1.165, 1.54) is 19.2 Å². The van der Waals surface area contributed by atoms with Crippen LogP contribution in [0.25, 0.3) is 0 Å². The number of benzene rings is 1. The molecule has 0 spiro atoms. The predicted octanol–water partition coefficient (Wildman–Crippen LogP) is 2.35. The summed E-state index contributed by atoms with van der Waals surface area (Å²) >= 11 is 0. The molecule has 0 aliphatic heterocycles. The summed E-state index contributed by atoms with van der Waals surface area (Å²) in [6, 6.07) is 4.24. The molecule has 0 aromatic heterocycles. The summed E-state index contributed by atoms with van der Waals surface area (Å²) in [4.78, 5) is 21.6. The number of carbonyl (C=O) groups excluding carboxylic acids is 1. The fraction of sp³-hybridized carbons (Fsp3) is 0.417. The second kappa shape index (κ2) is 6.58. The maximum absolute atomic E-state index is 11.3. The van der Waals surface area contributed by atoms with Crippen molar-refractivity contribution in [3.63, 3.8) is 0 Å². The lowest BCUT2D eigenvalue weighted by Gasteiger charge is -2.07. The Morgan fingerprint density at radius 1 is 1.44 bits per heavy atom. The van der Waals surface area contributed by atoms with Crippen LogP contribution in [0, 0.1) is 10.1 Å². The number of nitrogens with zero attached hydrogens (tertiary/aromatic N) is 1. The van der Waals surface area contributed by atoms with E-state index in [0.29, 0.717) is 12.2 Å². The third kappa shape index (κ3) is 3.73. The number of carbonyl (C=O) groups is 1. The zero-order valence-corrected chi connectivity index (χ0v) is 10.3. The van der Waals surface area contributed by atoms with Crippen LogP contribution in [0.15, 0.2) is 18.2 Å². The van der Waals surface area contributed by atoms with E-state index in [1.807, 2.05) is 6.92 Å². The van der Waals surface area contributed by atoms with Crippen molar-refractivity contribution in [3.05, 3.63) is 28.3 Å². The first kappa shape index (κ1) is 14.0. The number of ketones is 1. The van der Waals surface area contributed by atoms with E-state index >= 15 is 0 Å². The summed E-state index contributed by atoms with van der Waals surface area (Å²) in [6.07, 6.45) is 1.14. The number of Topliss-reactive ketones (excluding diaryl/α,β-unsaturated/α-hetero) is 1. The van der Waals surface area contributed by atoms with Gasteiger partial charge in [-0.1, -0.05) is 6.92 Å². The molecule has 1 aromatic rings. The second-order valence-electron chi connectivity index (χ2n) is 3.67. The van der Waals surface area contributed by atoms with Crippen molar-refractivity contribution >= 4 is 11.5 Å². The molecule has 1 aromatic carbocycles. The van der Waals surface area contributed by atoms with Gasteiger partial charge in [0.25, 0.3) is 0 Å². The van der Waals surface area contributed by atoms with Gasteiger partial charge in [0.1, 0.15) is 12.4 Å². The highest BCUT2D eigenvalue weighted by molar-refractivity contribution is 5.80. The fourth-order valence-corrected chi connectivity index (χ4v) is 1.40. The topological polar surface area (TPSA) is 78.7 Å². The number of rotatable bonds is 7. The summed E-state index contributed by atoms with van der Waals surface area (Å²) < 4.78 is 10.1. The summed E-state index contributed by atoms with van der Waals surface area (Å²) in [5.41, 5.74) is -0.210. The van der Waals surface area contributed by atoms with Crippen LogP contribution >= 0.6 is 0 Å². The lowest BCUT2D eigenvalue weighted by molar-refractivity contribution is -0.385. The molecular formula is C12H15NO5. The van der Waals surface area contributed by atoms with Crippen molar-refractivity contribution in [2.45, 2.75) is 19.8 Å². The van der Waals surface area contributed by atoms with Crippen molar-refractivity contribution in [2.24, 2.45) is 0 Å². The van der Waals surface area contributed by atoms with Gasteiger partial charge in [0, 0.05) is 6.42 Å². The van der Waals surface area contributed by atoms with Gasteiger partial charge in [-0.15, -0.1) is 0 Å². The van der Waals surface area contributed by atoms with Crippen molar-refractivity contribution in [2.75, 3.05) is 13.7 Å². The molecule has 0 atom stereocenters. The zero-order valence-electron chi connectivity index (χ0n) is 10.3. The number of methoxy groups -OCH3 is 1. The Morgan fingerprint density at radius 3 is 2.72 bits per heavy atom. The van der Waals surface area contributed by atoms with E-state index in [-0.39, 0.29) is 23.8 Å². The molecule has 1 rings (SSSR count). The highest BCUT2D eigenvalue weighted by atomic mass is 16.6. The van der Waals surface area contributed by atoms with Gasteiger partial charge in [0.15, 0.2) is 11.5 Å². The van der Waals surface area contributed by atoms with E-state index < -0.39 is 4.92 Å². The second-order valence-corrected chi connectivity index (χ2v) is 3.67. The van der Waals surface area contributed by atoms with Crippen LogP contribution in [0.5, 0.6) is 11.5 Å². The largest absolute Gasteiger partial charge is 0.496 e. The first-order chi connectivity index (χ1) is 8.58. The molecule has 0 saturated heterocycles. The SMILES string of the molecule is CCCC(=O)COc1ccc(OC)cc1[N+](=O)[O-]. The molecule has 98 valence electrons. The molecule has 18 heavy (non-hydrogen) atoms. The van der Waals surface area contributed by atoms with Crippen LogP contribution in [0.1, 0.15) is 19.8 Å². The van der Waals surface area contributed by atoms with Crippen LogP contribution in [-0.2, 0) is 4.79 Å². The molecule has 0 heterocycles. The molecular weight excluding hydrogens is 238 g/mol. The third-order valence-corrected chi connectivity index (χ3v) is 2.28. The number of nitro benzene ring substituents is 1. The number of hydrogen-bond acceptors (Lipinski definition) is 5. The normalized spacial score (nSPS) is 9.89. The molecule has 0 N–H and O–H groups in total. The van der Waals surface area contributed by atoms with Crippen LogP contribution in [0.4, 0.5) is 5.69 Å². The number of ether oxygens (including phenoxy) is 2. The average molecular weight is 253 g/mol. The fourth-order valence-electron chi connectivity index (χ4n) is 1.40. The van der Waals surface area contributed by atoms with Gasteiger partial charge in [0.2, 0.25) is 0 Å². The van der Waals surface area contributed by atoms with E-state index in [4.69, 9.17) is 9.47 Å². The standard InChI is InChI=1S/C12H15NO5/c1-3-4-9(14)8-18-12-6-5-10(17-2)7-11(12)13(15)16/h5-7H,3-4,8H2,1-2H3. The first-order valence-corrected chi connectivity index (χ1v) is 5.55. The van der Waals surface area contributed by atoms with Crippen molar-refractivity contribution in [3.8, 4) is 11.5 Å². The lowest BCUT2D eigenvalue weighted by Crippen LogP contribution is -2.11. The average Bonchev–Trinajstić information content (AvgIpc) is 2.36. The van der Waals surface area contributed by atoms with E-state index in [9.17, 15) is 14.9 Å². The van der Waals surface area contributed by atoms with Gasteiger partial charge in [-0.2, -0.15) is 0 Å². The third-order valence-electron chi connectivity index (χ3n) is 2.28. The van der Waals surface area contributed by atoms with E-state index in [0.717, 1.165) is 6.42 Å². The summed E-state index contributed by atoms with van der Waals surface area (Å²) in [5.74, 6) is 0.363. The molecule has 0 bridgehead atoms. The van der Waals surface area contributed by atoms with Gasteiger partial charge < -0.3 is 9.47 Å². The summed E-state index contributed by atoms with van der Waals surface area (Å²) in [6.45, 7) is 1.73. The monoisotopic (exact) mass is 253 g/mol. The summed E-state index contributed by atoms with van der Waals surface area (Å²) in [7, 11) is 1.42. The molecule has 0 unspecified atom stereocenters. The van der Waals surface area contributed by atoms with Gasteiger partial charge in [-0.25, -0.2) is 0 Å². The van der Waals surface area contributed by atoms with Gasteiger partial charge in [-0.05, 0) is 18.6 Å². The molecule has 0 aliphatic carbocycles. The van der Waals surface area contributed by atoms with Crippen molar-refractivity contribution in [1.29, 1.82) is 0 Å². The number of nitro groups is 1. The minimum absolute atomic E-state index is 0.0743. The molecule has 0 amide bonds. The maximum atomic E-state index is 11.3. The number of hydrogen-bond donors (Lipinski definition) is 0. The lowest BCUT2D eigenvalue weighted by atomic mass is 10.2. The van der Waals surface area contributed by atoms with E-state index in [2.05, 4.69) is 0 Å². The minimum Gasteiger partial charge on any atom is -0.496 e. The molecule has 0 fully saturated rings. The molecule has 0 radical (unpaired) electrons. The Balaban J connectivity index is 2.81. The Labute approximate surface area is 105 Å². The Morgan fingerprint density at radius 2 is 2.17 bits per heavy atom. The van der Waals surface area contributed by atoms with Gasteiger partial charge in [-0.3, -0.25) is 14.9 Å². The predicted molar refractivity (Wildman–Crippen MR) is 65.1 cm³/mol. The van der Waals surface area contributed by atoms with Gasteiger partial charge >= 0.3 is 5.69 Å². The first-order valence-electron chi connectivity index (χ1n) is 5.55. The van der Waals surface area contributed by atoms with E-state index in [1.54, 1.807) is 6.07 Å². The van der Waals surface area contributed by atoms with Crippen LogP contribution in [0.2, 0.25) is 0 Å².